The lowest BCUT2D eigenvalue weighted by molar-refractivity contribution is -0.125. The topological polar surface area (TPSA) is 101 Å². The van der Waals surface area contributed by atoms with E-state index in [1.54, 1.807) is 6.07 Å². The van der Waals surface area contributed by atoms with E-state index < -0.39 is 15.4 Å². The number of benzene rings is 1. The van der Waals surface area contributed by atoms with Gasteiger partial charge in [-0.15, -0.1) is 0 Å². The highest BCUT2D eigenvalue weighted by molar-refractivity contribution is 7.89. The van der Waals surface area contributed by atoms with Gasteiger partial charge >= 0.3 is 0 Å². The number of aryl methyl sites for hydroxylation is 1. The lowest BCUT2D eigenvalue weighted by atomic mass is 9.82. The van der Waals surface area contributed by atoms with Gasteiger partial charge in [0.25, 0.3) is 0 Å². The number of primary sulfonamides is 1. The lowest BCUT2D eigenvalue weighted by Gasteiger charge is -2.32. The van der Waals surface area contributed by atoms with Gasteiger partial charge in [-0.2, -0.15) is 0 Å². The molecule has 1 heterocycles. The molecule has 0 radical (unpaired) electrons. The first-order valence-corrected chi connectivity index (χ1v) is 8.43. The number of hydrogen-bond acceptors (Lipinski definition) is 4. The fraction of sp³-hybridized carbons (Fsp3) is 0.500. The molecule has 1 saturated heterocycles. The van der Waals surface area contributed by atoms with Crippen molar-refractivity contribution in [3.05, 3.63) is 23.8 Å². The van der Waals surface area contributed by atoms with E-state index in [-0.39, 0.29) is 10.8 Å². The third-order valence-corrected chi connectivity index (χ3v) is 4.84. The molecular weight excluding hydrogens is 290 g/mol. The maximum Gasteiger partial charge on any atom is 0.238 e. The molecule has 0 saturated carbocycles. The standard InChI is InChI=1S/C14H21N3O3S/c1-10-4-5-11(21(15,19)20)8-12(10)17-13(18)14(2)6-3-7-16-9-14/h4-5,8,16H,3,6-7,9H2,1-2H3,(H,17,18)(H2,15,19,20). The van der Waals surface area contributed by atoms with Crippen molar-refractivity contribution in [2.45, 2.75) is 31.6 Å². The largest absolute Gasteiger partial charge is 0.325 e. The maximum absolute atomic E-state index is 12.5. The maximum atomic E-state index is 12.5. The van der Waals surface area contributed by atoms with E-state index in [1.807, 2.05) is 13.8 Å². The van der Waals surface area contributed by atoms with E-state index in [9.17, 15) is 13.2 Å². The van der Waals surface area contributed by atoms with E-state index in [0.29, 0.717) is 12.2 Å². The van der Waals surface area contributed by atoms with Gasteiger partial charge in [-0.3, -0.25) is 4.79 Å². The molecule has 7 heteroatoms. The van der Waals surface area contributed by atoms with E-state index in [2.05, 4.69) is 10.6 Å². The smallest absolute Gasteiger partial charge is 0.238 e. The Morgan fingerprint density at radius 3 is 2.71 bits per heavy atom. The van der Waals surface area contributed by atoms with Crippen molar-refractivity contribution >= 4 is 21.6 Å². The fourth-order valence-corrected chi connectivity index (χ4v) is 2.98. The summed E-state index contributed by atoms with van der Waals surface area (Å²) in [5, 5.41) is 11.2. The van der Waals surface area contributed by atoms with Crippen molar-refractivity contribution in [3.63, 3.8) is 0 Å². The predicted octanol–water partition coefficient (Wildman–Crippen LogP) is 0.971. The molecule has 2 rings (SSSR count). The number of hydrogen-bond donors (Lipinski definition) is 3. The highest BCUT2D eigenvalue weighted by Gasteiger charge is 2.34. The molecule has 0 aliphatic carbocycles. The van der Waals surface area contributed by atoms with Crippen molar-refractivity contribution in [3.8, 4) is 0 Å². The number of carbonyl (C=O) groups is 1. The molecule has 0 spiro atoms. The molecule has 6 nitrogen and oxygen atoms in total. The van der Waals surface area contributed by atoms with Crippen LogP contribution in [0, 0.1) is 12.3 Å². The summed E-state index contributed by atoms with van der Waals surface area (Å²) in [5.41, 5.74) is 0.795. The van der Waals surface area contributed by atoms with Crippen molar-refractivity contribution in [1.29, 1.82) is 0 Å². The molecular formula is C14H21N3O3S. The van der Waals surface area contributed by atoms with E-state index in [0.717, 1.165) is 24.9 Å². The summed E-state index contributed by atoms with van der Waals surface area (Å²) in [6, 6.07) is 4.48. The Hall–Kier alpha value is -1.44. The van der Waals surface area contributed by atoms with Gasteiger partial charge < -0.3 is 10.6 Å². The Morgan fingerprint density at radius 1 is 1.43 bits per heavy atom. The molecule has 0 bridgehead atoms. The molecule has 1 aliphatic rings. The molecule has 4 N–H and O–H groups in total. The van der Waals surface area contributed by atoms with Crippen molar-refractivity contribution in [2.24, 2.45) is 10.6 Å². The summed E-state index contributed by atoms with van der Waals surface area (Å²) in [4.78, 5) is 12.5. The fourth-order valence-electron chi connectivity index (χ4n) is 2.44. The average Bonchev–Trinajstić information content (AvgIpc) is 2.40. The first-order valence-electron chi connectivity index (χ1n) is 6.88. The van der Waals surface area contributed by atoms with Crippen molar-refractivity contribution in [1.82, 2.24) is 5.32 Å². The molecule has 1 aromatic carbocycles. The minimum absolute atomic E-state index is 0.00433. The van der Waals surface area contributed by atoms with Crippen LogP contribution in [-0.4, -0.2) is 27.4 Å². The monoisotopic (exact) mass is 311 g/mol. The van der Waals surface area contributed by atoms with E-state index >= 15 is 0 Å². The van der Waals surface area contributed by atoms with Crippen LogP contribution in [0.15, 0.2) is 23.1 Å². The molecule has 1 atom stereocenters. The van der Waals surface area contributed by atoms with Crippen LogP contribution in [0.1, 0.15) is 25.3 Å². The van der Waals surface area contributed by atoms with Crippen molar-refractivity contribution < 1.29 is 13.2 Å². The van der Waals surface area contributed by atoms with Gasteiger partial charge in [-0.1, -0.05) is 6.07 Å². The predicted molar refractivity (Wildman–Crippen MR) is 81.4 cm³/mol. The molecule has 1 aliphatic heterocycles. The highest BCUT2D eigenvalue weighted by Crippen LogP contribution is 2.28. The summed E-state index contributed by atoms with van der Waals surface area (Å²) >= 11 is 0. The van der Waals surface area contributed by atoms with E-state index in [1.165, 1.54) is 12.1 Å². The summed E-state index contributed by atoms with van der Waals surface area (Å²) in [6.45, 7) is 5.26. The summed E-state index contributed by atoms with van der Waals surface area (Å²) in [7, 11) is -3.78. The number of sulfonamides is 1. The van der Waals surface area contributed by atoms with Gasteiger partial charge in [0.05, 0.1) is 10.3 Å². The number of amides is 1. The zero-order valence-corrected chi connectivity index (χ0v) is 13.1. The average molecular weight is 311 g/mol. The molecule has 1 aromatic rings. The van der Waals surface area contributed by atoms with Gasteiger partial charge in [0.2, 0.25) is 15.9 Å². The Bertz CT molecular complexity index is 649. The zero-order chi connectivity index (χ0) is 15.7. The van der Waals surface area contributed by atoms with Crippen LogP contribution < -0.4 is 15.8 Å². The number of piperidine rings is 1. The normalized spacial score (nSPS) is 22.8. The molecule has 1 fully saturated rings. The number of anilines is 1. The minimum atomic E-state index is -3.78. The third kappa shape index (κ3) is 3.61. The van der Waals surface area contributed by atoms with Crippen LogP contribution >= 0.6 is 0 Å². The number of rotatable bonds is 3. The Balaban J connectivity index is 2.24. The summed E-state index contributed by atoms with van der Waals surface area (Å²) < 4.78 is 22.8. The number of nitrogens with one attached hydrogen (secondary N) is 2. The van der Waals surface area contributed by atoms with E-state index in [4.69, 9.17) is 5.14 Å². The highest BCUT2D eigenvalue weighted by atomic mass is 32.2. The number of carbonyl (C=O) groups excluding carboxylic acids is 1. The summed E-state index contributed by atoms with van der Waals surface area (Å²) in [6.07, 6.45) is 1.75. The second-order valence-electron chi connectivity index (χ2n) is 5.82. The first kappa shape index (κ1) is 15.9. The molecule has 1 unspecified atom stereocenters. The van der Waals surface area contributed by atoms with Crippen LogP contribution in [0.4, 0.5) is 5.69 Å². The number of nitrogens with two attached hydrogens (primary N) is 1. The molecule has 0 aromatic heterocycles. The third-order valence-electron chi connectivity index (χ3n) is 3.93. The molecule has 1 amide bonds. The quantitative estimate of drug-likeness (QED) is 0.774. The van der Waals surface area contributed by atoms with Crippen LogP contribution in [0.2, 0.25) is 0 Å². The molecule has 116 valence electrons. The van der Waals surface area contributed by atoms with Crippen LogP contribution in [0.25, 0.3) is 0 Å². The van der Waals surface area contributed by atoms with Gasteiger partial charge in [0.15, 0.2) is 0 Å². The first-order chi connectivity index (χ1) is 9.72. The van der Waals surface area contributed by atoms with Gasteiger partial charge in [-0.25, -0.2) is 13.6 Å². The summed E-state index contributed by atoms with van der Waals surface area (Å²) in [5.74, 6) is -0.107. The van der Waals surface area contributed by atoms with Crippen LogP contribution in [0.3, 0.4) is 0 Å². The van der Waals surface area contributed by atoms with Crippen molar-refractivity contribution in [2.75, 3.05) is 18.4 Å². The Morgan fingerprint density at radius 2 is 2.14 bits per heavy atom. The van der Waals surface area contributed by atoms with Crippen LogP contribution in [0.5, 0.6) is 0 Å². The lowest BCUT2D eigenvalue weighted by Crippen LogP contribution is -2.46. The second-order valence-corrected chi connectivity index (χ2v) is 7.38. The van der Waals surface area contributed by atoms with Gasteiger partial charge in [-0.05, 0) is 50.9 Å². The minimum Gasteiger partial charge on any atom is -0.325 e. The molecule has 21 heavy (non-hydrogen) atoms. The SMILES string of the molecule is Cc1ccc(S(N)(=O)=O)cc1NC(=O)C1(C)CCCNC1. The van der Waals surface area contributed by atoms with Gasteiger partial charge in [0.1, 0.15) is 0 Å². The second kappa shape index (κ2) is 5.75. The zero-order valence-electron chi connectivity index (χ0n) is 12.3. The Labute approximate surface area is 125 Å². The Kier molecular flexibility index (Phi) is 4.36. The van der Waals surface area contributed by atoms with Gasteiger partial charge in [0, 0.05) is 12.2 Å². The van der Waals surface area contributed by atoms with Crippen LogP contribution in [-0.2, 0) is 14.8 Å².